The molecule has 1 fully saturated rings. The molecule has 0 saturated carbocycles. The number of hydrogen-bond acceptors (Lipinski definition) is 8. The lowest BCUT2D eigenvalue weighted by atomic mass is 10.1. The molecule has 1 unspecified atom stereocenters. The van der Waals surface area contributed by atoms with Crippen LogP contribution in [0.15, 0.2) is 91.0 Å². The van der Waals surface area contributed by atoms with Crippen LogP contribution in [0.25, 0.3) is 0 Å². The van der Waals surface area contributed by atoms with Crippen LogP contribution in [0.2, 0.25) is 0 Å². The molecule has 8 heteroatoms. The van der Waals surface area contributed by atoms with Crippen molar-refractivity contribution in [1.29, 1.82) is 0 Å². The van der Waals surface area contributed by atoms with Gasteiger partial charge in [0.25, 0.3) is 0 Å². The zero-order chi connectivity index (χ0) is 23.9. The Hall–Kier alpha value is -4.01. The summed E-state index contributed by atoms with van der Waals surface area (Å²) in [5.41, 5.74) is 0.838. The third-order valence-electron chi connectivity index (χ3n) is 5.18. The van der Waals surface area contributed by atoms with Crippen molar-refractivity contribution in [1.82, 2.24) is 0 Å². The summed E-state index contributed by atoms with van der Waals surface area (Å²) in [6, 6.07) is 24.7. The molecule has 1 aliphatic heterocycles. The van der Waals surface area contributed by atoms with Crippen LogP contribution in [-0.4, -0.2) is 54.2 Å². The van der Waals surface area contributed by atoms with Gasteiger partial charge in [0, 0.05) is 0 Å². The quantitative estimate of drug-likeness (QED) is 0.422. The van der Waals surface area contributed by atoms with Gasteiger partial charge in [-0.15, -0.1) is 0 Å². The molecule has 1 heterocycles. The topological polar surface area (TPSA) is 108 Å². The predicted molar refractivity (Wildman–Crippen MR) is 119 cm³/mol. The Kier molecular flexibility index (Phi) is 7.31. The van der Waals surface area contributed by atoms with E-state index >= 15 is 0 Å². The highest BCUT2D eigenvalue weighted by Crippen LogP contribution is 2.28. The summed E-state index contributed by atoms with van der Waals surface area (Å²) in [5, 5.41) is 10.5. The molecule has 1 aliphatic rings. The zero-order valence-corrected chi connectivity index (χ0v) is 18.0. The largest absolute Gasteiger partial charge is 0.459 e. The Balaban J connectivity index is 1.51. The molecule has 0 bridgehead atoms. The Morgan fingerprint density at radius 3 is 1.53 bits per heavy atom. The second-order valence-corrected chi connectivity index (χ2v) is 7.50. The first-order valence-electron chi connectivity index (χ1n) is 10.6. The van der Waals surface area contributed by atoms with Crippen molar-refractivity contribution in [2.24, 2.45) is 0 Å². The number of hydrogen-bond donors (Lipinski definition) is 1. The van der Waals surface area contributed by atoms with E-state index in [-0.39, 0.29) is 17.7 Å². The Labute approximate surface area is 195 Å². The number of esters is 3. The van der Waals surface area contributed by atoms with E-state index in [1.165, 1.54) is 0 Å². The second-order valence-electron chi connectivity index (χ2n) is 7.50. The fraction of sp³-hybridized carbons (Fsp3) is 0.192. The van der Waals surface area contributed by atoms with Crippen molar-refractivity contribution < 1.29 is 38.4 Å². The molecular formula is C26H22O8. The standard InChI is InChI=1S/C26H22O8/c27-23(17-10-4-1-5-11-17)31-16-20-21(33-24(28)18-12-6-2-7-13-18)22(26(30)32-20)34-25(29)19-14-8-3-9-15-19/h1-15,20-22,26,30H,16H2/t20?,21-,22-,26+/m1/s1. The van der Waals surface area contributed by atoms with Gasteiger partial charge in [0.1, 0.15) is 12.7 Å². The van der Waals surface area contributed by atoms with Crippen LogP contribution >= 0.6 is 0 Å². The monoisotopic (exact) mass is 462 g/mol. The molecule has 8 nitrogen and oxygen atoms in total. The number of aliphatic hydroxyl groups is 1. The zero-order valence-electron chi connectivity index (χ0n) is 18.0. The van der Waals surface area contributed by atoms with Crippen LogP contribution in [0, 0.1) is 0 Å². The highest BCUT2D eigenvalue weighted by atomic mass is 16.7. The highest BCUT2D eigenvalue weighted by Gasteiger charge is 2.50. The molecule has 4 atom stereocenters. The van der Waals surface area contributed by atoms with E-state index in [9.17, 15) is 19.5 Å². The fourth-order valence-electron chi connectivity index (χ4n) is 3.46. The normalized spacial score (nSPS) is 21.4. The summed E-state index contributed by atoms with van der Waals surface area (Å²) in [5.74, 6) is -2.05. The minimum atomic E-state index is -1.60. The van der Waals surface area contributed by atoms with Gasteiger partial charge >= 0.3 is 17.9 Å². The first-order chi connectivity index (χ1) is 16.5. The number of carbonyl (C=O) groups excluding carboxylic acids is 3. The lowest BCUT2D eigenvalue weighted by Gasteiger charge is -2.23. The number of benzene rings is 3. The summed E-state index contributed by atoms with van der Waals surface area (Å²) in [6.07, 6.45) is -5.22. The van der Waals surface area contributed by atoms with Gasteiger partial charge in [-0.05, 0) is 36.4 Å². The molecule has 0 aromatic heterocycles. The Bertz CT molecular complexity index is 1120. The maximum absolute atomic E-state index is 12.7. The van der Waals surface area contributed by atoms with Gasteiger partial charge < -0.3 is 24.1 Å². The number of aliphatic hydroxyl groups excluding tert-OH is 1. The van der Waals surface area contributed by atoms with Crippen molar-refractivity contribution in [3.8, 4) is 0 Å². The van der Waals surface area contributed by atoms with Crippen molar-refractivity contribution in [3.63, 3.8) is 0 Å². The molecule has 0 radical (unpaired) electrons. The van der Waals surface area contributed by atoms with Gasteiger partial charge in [0.05, 0.1) is 16.7 Å². The molecule has 3 aromatic rings. The SMILES string of the molecule is O=C(OCC1O[C@H](O)[C@H](OC(=O)c2ccccc2)[C@@H]1OC(=O)c1ccccc1)c1ccccc1. The van der Waals surface area contributed by atoms with Crippen molar-refractivity contribution in [3.05, 3.63) is 108 Å². The van der Waals surface area contributed by atoms with Gasteiger partial charge in [-0.3, -0.25) is 0 Å². The van der Waals surface area contributed by atoms with Gasteiger partial charge in [-0.1, -0.05) is 54.6 Å². The van der Waals surface area contributed by atoms with Crippen LogP contribution in [0.1, 0.15) is 31.1 Å². The average Bonchev–Trinajstić information content (AvgIpc) is 3.17. The molecule has 34 heavy (non-hydrogen) atoms. The first-order valence-corrected chi connectivity index (χ1v) is 10.6. The van der Waals surface area contributed by atoms with Crippen LogP contribution in [0.3, 0.4) is 0 Å². The van der Waals surface area contributed by atoms with E-state index < -0.39 is 42.5 Å². The third kappa shape index (κ3) is 5.48. The smallest absolute Gasteiger partial charge is 0.338 e. The average molecular weight is 462 g/mol. The van der Waals surface area contributed by atoms with Crippen LogP contribution in [-0.2, 0) is 18.9 Å². The van der Waals surface area contributed by atoms with E-state index in [0.29, 0.717) is 5.56 Å². The Morgan fingerprint density at radius 2 is 1.06 bits per heavy atom. The summed E-state index contributed by atoms with van der Waals surface area (Å²) >= 11 is 0. The maximum Gasteiger partial charge on any atom is 0.338 e. The van der Waals surface area contributed by atoms with E-state index in [1.807, 2.05) is 0 Å². The molecule has 0 aliphatic carbocycles. The third-order valence-corrected chi connectivity index (χ3v) is 5.18. The van der Waals surface area contributed by atoms with E-state index in [2.05, 4.69) is 0 Å². The molecule has 4 rings (SSSR count). The predicted octanol–water partition coefficient (Wildman–Crippen LogP) is 3.01. The lowest BCUT2D eigenvalue weighted by molar-refractivity contribution is -0.135. The van der Waals surface area contributed by atoms with Gasteiger partial charge in [-0.25, -0.2) is 14.4 Å². The molecule has 1 N–H and O–H groups in total. The molecule has 174 valence electrons. The summed E-state index contributed by atoms with van der Waals surface area (Å²) in [7, 11) is 0. The van der Waals surface area contributed by atoms with Gasteiger partial charge in [-0.2, -0.15) is 0 Å². The van der Waals surface area contributed by atoms with Crippen LogP contribution < -0.4 is 0 Å². The molecule has 1 saturated heterocycles. The lowest BCUT2D eigenvalue weighted by Crippen LogP contribution is -2.42. The highest BCUT2D eigenvalue weighted by molar-refractivity contribution is 5.90. The van der Waals surface area contributed by atoms with Crippen molar-refractivity contribution >= 4 is 17.9 Å². The second kappa shape index (κ2) is 10.7. The van der Waals surface area contributed by atoms with Crippen molar-refractivity contribution in [2.75, 3.05) is 6.61 Å². The minimum Gasteiger partial charge on any atom is -0.459 e. The fourth-order valence-corrected chi connectivity index (χ4v) is 3.46. The van der Waals surface area contributed by atoms with E-state index in [0.717, 1.165) is 0 Å². The van der Waals surface area contributed by atoms with Crippen LogP contribution in [0.4, 0.5) is 0 Å². The number of ether oxygens (including phenoxy) is 4. The van der Waals surface area contributed by atoms with Gasteiger partial charge in [0.15, 0.2) is 18.5 Å². The molecule has 0 amide bonds. The maximum atomic E-state index is 12.7. The first kappa shape index (κ1) is 23.2. The minimum absolute atomic E-state index is 0.252. The summed E-state index contributed by atoms with van der Waals surface area (Å²) < 4.78 is 21.8. The molecule has 3 aromatic carbocycles. The molecule has 0 spiro atoms. The van der Waals surface area contributed by atoms with Crippen molar-refractivity contribution in [2.45, 2.75) is 24.6 Å². The van der Waals surface area contributed by atoms with E-state index in [4.69, 9.17) is 18.9 Å². The summed E-state index contributed by atoms with van der Waals surface area (Å²) in [4.78, 5) is 37.6. The Morgan fingerprint density at radius 1 is 0.647 bits per heavy atom. The van der Waals surface area contributed by atoms with Gasteiger partial charge in [0.2, 0.25) is 0 Å². The van der Waals surface area contributed by atoms with E-state index in [1.54, 1.807) is 91.0 Å². The number of carbonyl (C=O) groups is 3. The number of rotatable bonds is 7. The summed E-state index contributed by atoms with van der Waals surface area (Å²) in [6.45, 7) is -0.336. The molecular weight excluding hydrogens is 440 g/mol. The van der Waals surface area contributed by atoms with Crippen LogP contribution in [0.5, 0.6) is 0 Å².